The highest BCUT2D eigenvalue weighted by Crippen LogP contribution is 2.14. The molecule has 3 aromatic rings. The van der Waals surface area contributed by atoms with Gasteiger partial charge >= 0.3 is 5.82 Å². The van der Waals surface area contributed by atoms with Crippen molar-refractivity contribution < 1.29 is 4.92 Å². The first-order chi connectivity index (χ1) is 9.74. The summed E-state index contributed by atoms with van der Waals surface area (Å²) in [5, 5.41) is 22.3. The van der Waals surface area contributed by atoms with E-state index in [4.69, 9.17) is 0 Å². The van der Waals surface area contributed by atoms with Gasteiger partial charge in [-0.2, -0.15) is 11.3 Å². The summed E-state index contributed by atoms with van der Waals surface area (Å²) in [6.45, 7) is 0.720. The zero-order valence-corrected chi connectivity index (χ0v) is 11.2. The van der Waals surface area contributed by atoms with Gasteiger partial charge in [0.1, 0.15) is 6.20 Å². The van der Waals surface area contributed by atoms with Gasteiger partial charge in [-0.3, -0.25) is 0 Å². The maximum atomic E-state index is 10.8. The molecule has 20 heavy (non-hydrogen) atoms. The zero-order chi connectivity index (χ0) is 13.9. The molecule has 7 nitrogen and oxygen atoms in total. The Hall–Kier alpha value is -2.48. The fraction of sp³-hybridized carbons (Fsp3) is 0.167. The Bertz CT molecular complexity index is 737. The second-order valence-corrected chi connectivity index (χ2v) is 4.95. The average Bonchev–Trinajstić information content (AvgIpc) is 3.06. The van der Waals surface area contributed by atoms with Gasteiger partial charge in [0.15, 0.2) is 5.82 Å². The van der Waals surface area contributed by atoms with E-state index in [-0.39, 0.29) is 5.82 Å². The number of rotatable bonds is 5. The van der Waals surface area contributed by atoms with Crippen LogP contribution >= 0.6 is 11.3 Å². The third-order valence-electron chi connectivity index (χ3n) is 2.83. The van der Waals surface area contributed by atoms with Crippen molar-refractivity contribution in [1.82, 2.24) is 14.6 Å². The summed E-state index contributed by atoms with van der Waals surface area (Å²) in [5.41, 5.74) is 1.72. The molecule has 102 valence electrons. The monoisotopic (exact) mass is 289 g/mol. The molecule has 3 aromatic heterocycles. The second-order valence-electron chi connectivity index (χ2n) is 4.17. The lowest BCUT2D eigenvalue weighted by Gasteiger charge is -2.03. The van der Waals surface area contributed by atoms with Gasteiger partial charge in [-0.15, -0.1) is 0 Å². The quantitative estimate of drug-likeness (QED) is 0.575. The molecule has 0 aliphatic carbocycles. The number of aromatic nitrogens is 3. The van der Waals surface area contributed by atoms with Crippen LogP contribution in [0.5, 0.6) is 0 Å². The molecule has 0 atom stereocenters. The van der Waals surface area contributed by atoms with E-state index in [1.54, 1.807) is 23.5 Å². The van der Waals surface area contributed by atoms with Crippen molar-refractivity contribution in [2.45, 2.75) is 6.42 Å². The highest BCUT2D eigenvalue weighted by atomic mass is 32.1. The van der Waals surface area contributed by atoms with Crippen LogP contribution in [0.15, 0.2) is 35.2 Å². The van der Waals surface area contributed by atoms with Gasteiger partial charge < -0.3 is 15.4 Å². The van der Waals surface area contributed by atoms with E-state index in [9.17, 15) is 10.1 Å². The minimum Gasteiger partial charge on any atom is -0.367 e. The summed E-state index contributed by atoms with van der Waals surface area (Å²) >= 11 is 1.66. The molecule has 0 radical (unpaired) electrons. The Labute approximate surface area is 118 Å². The lowest BCUT2D eigenvalue weighted by atomic mass is 10.2. The van der Waals surface area contributed by atoms with Crippen LogP contribution in [-0.4, -0.2) is 26.1 Å². The van der Waals surface area contributed by atoms with Crippen LogP contribution in [0.2, 0.25) is 0 Å². The number of thiophene rings is 1. The fourth-order valence-corrected chi connectivity index (χ4v) is 2.55. The van der Waals surface area contributed by atoms with E-state index >= 15 is 0 Å². The van der Waals surface area contributed by atoms with Crippen LogP contribution in [-0.2, 0) is 6.42 Å². The lowest BCUT2D eigenvalue weighted by Crippen LogP contribution is -2.08. The van der Waals surface area contributed by atoms with E-state index < -0.39 is 4.92 Å². The summed E-state index contributed by atoms with van der Waals surface area (Å²) in [4.78, 5) is 14.3. The van der Waals surface area contributed by atoms with Crippen LogP contribution in [0.25, 0.3) is 5.65 Å². The van der Waals surface area contributed by atoms with Crippen molar-refractivity contribution in [3.63, 3.8) is 0 Å². The summed E-state index contributed by atoms with van der Waals surface area (Å²) < 4.78 is 1.23. The third-order valence-corrected chi connectivity index (χ3v) is 3.56. The summed E-state index contributed by atoms with van der Waals surface area (Å²) in [6, 6.07) is 5.54. The molecule has 0 saturated carbocycles. The van der Waals surface area contributed by atoms with Crippen molar-refractivity contribution in [1.29, 1.82) is 0 Å². The number of anilines is 1. The van der Waals surface area contributed by atoms with Crippen molar-refractivity contribution in [3.8, 4) is 0 Å². The smallest absolute Gasteiger partial charge is 0.367 e. The first-order valence-electron chi connectivity index (χ1n) is 5.98. The number of nitro groups is 1. The largest absolute Gasteiger partial charge is 0.368 e. The standard InChI is InChI=1S/C12H11N5O2S/c18-17(19)12-7-14-11-2-1-10(15-16(11)12)13-5-3-9-4-6-20-8-9/h1-2,4,6-8H,3,5H2,(H,13,15). The van der Waals surface area contributed by atoms with Gasteiger partial charge in [0.05, 0.1) is 0 Å². The molecule has 3 heterocycles. The number of nitrogens with zero attached hydrogens (tertiary/aromatic N) is 4. The van der Waals surface area contributed by atoms with E-state index in [1.807, 2.05) is 5.38 Å². The number of imidazole rings is 1. The van der Waals surface area contributed by atoms with Gasteiger partial charge in [0, 0.05) is 12.6 Å². The molecular weight excluding hydrogens is 278 g/mol. The molecule has 0 saturated heterocycles. The van der Waals surface area contributed by atoms with Crippen LogP contribution in [0, 0.1) is 10.1 Å². The molecule has 1 N–H and O–H groups in total. The van der Waals surface area contributed by atoms with Crippen LogP contribution in [0.3, 0.4) is 0 Å². The van der Waals surface area contributed by atoms with Crippen LogP contribution in [0.1, 0.15) is 5.56 Å². The summed E-state index contributed by atoms with van der Waals surface area (Å²) in [7, 11) is 0. The minimum atomic E-state index is -0.498. The Kier molecular flexibility index (Phi) is 3.30. The fourth-order valence-electron chi connectivity index (χ4n) is 1.85. The van der Waals surface area contributed by atoms with Crippen LogP contribution in [0.4, 0.5) is 11.6 Å². The molecule has 8 heteroatoms. The molecule has 0 aliphatic rings. The molecule has 0 unspecified atom stereocenters. The van der Waals surface area contributed by atoms with Gasteiger partial charge in [-0.1, -0.05) is 9.61 Å². The molecule has 0 aromatic carbocycles. The lowest BCUT2D eigenvalue weighted by molar-refractivity contribution is -0.391. The molecule has 0 bridgehead atoms. The zero-order valence-electron chi connectivity index (χ0n) is 10.4. The number of hydrogen-bond acceptors (Lipinski definition) is 6. The Morgan fingerprint density at radius 2 is 2.30 bits per heavy atom. The van der Waals surface area contributed by atoms with E-state index in [1.165, 1.54) is 16.3 Å². The van der Waals surface area contributed by atoms with Crippen molar-refractivity contribution in [2.24, 2.45) is 0 Å². The molecule has 0 fully saturated rings. The molecule has 0 amide bonds. The topological polar surface area (TPSA) is 85.4 Å². The Morgan fingerprint density at radius 1 is 1.40 bits per heavy atom. The number of fused-ring (bicyclic) bond motifs is 1. The van der Waals surface area contributed by atoms with E-state index in [0.29, 0.717) is 11.5 Å². The maximum absolute atomic E-state index is 10.8. The highest BCUT2D eigenvalue weighted by molar-refractivity contribution is 7.07. The van der Waals surface area contributed by atoms with Gasteiger partial charge in [-0.05, 0) is 39.8 Å². The molecular formula is C12H11N5O2S. The van der Waals surface area contributed by atoms with Crippen LogP contribution < -0.4 is 5.32 Å². The normalized spacial score (nSPS) is 10.8. The van der Waals surface area contributed by atoms with Gasteiger partial charge in [-0.25, -0.2) is 4.98 Å². The van der Waals surface area contributed by atoms with E-state index in [2.05, 4.69) is 26.8 Å². The first-order valence-corrected chi connectivity index (χ1v) is 6.92. The summed E-state index contributed by atoms with van der Waals surface area (Å²) in [6.07, 6.45) is 2.09. The second kappa shape index (κ2) is 5.25. The summed E-state index contributed by atoms with van der Waals surface area (Å²) in [5.74, 6) is 0.454. The number of nitrogens with one attached hydrogen (secondary N) is 1. The molecule has 0 aliphatic heterocycles. The Balaban J connectivity index is 1.75. The van der Waals surface area contributed by atoms with Gasteiger partial charge in [0.2, 0.25) is 5.65 Å². The Morgan fingerprint density at radius 3 is 3.05 bits per heavy atom. The van der Waals surface area contributed by atoms with E-state index in [0.717, 1.165) is 13.0 Å². The first kappa shape index (κ1) is 12.5. The predicted octanol–water partition coefficient (Wildman–Crippen LogP) is 2.35. The average molecular weight is 289 g/mol. The minimum absolute atomic E-state index is 0.138. The highest BCUT2D eigenvalue weighted by Gasteiger charge is 2.15. The van der Waals surface area contributed by atoms with Crippen molar-refractivity contribution in [2.75, 3.05) is 11.9 Å². The SMILES string of the molecule is O=[N+]([O-])c1cnc2ccc(NCCc3ccsc3)nn12. The third kappa shape index (κ3) is 2.45. The molecule has 0 spiro atoms. The van der Waals surface area contributed by atoms with Gasteiger partial charge in [0.25, 0.3) is 0 Å². The van der Waals surface area contributed by atoms with Crippen molar-refractivity contribution in [3.05, 3.63) is 50.8 Å². The number of hydrogen-bond donors (Lipinski definition) is 1. The van der Waals surface area contributed by atoms with Crippen molar-refractivity contribution >= 4 is 28.6 Å². The maximum Gasteiger partial charge on any atom is 0.368 e. The predicted molar refractivity (Wildman–Crippen MR) is 76.2 cm³/mol. The molecule has 3 rings (SSSR count).